The van der Waals surface area contributed by atoms with Gasteiger partial charge in [0, 0.05) is 10.4 Å². The van der Waals surface area contributed by atoms with Crippen molar-refractivity contribution >= 4 is 22.5 Å². The number of rotatable bonds is 4. The Hall–Kier alpha value is -3.08. The van der Waals surface area contributed by atoms with Crippen molar-refractivity contribution in [2.45, 2.75) is 19.4 Å². The third kappa shape index (κ3) is 3.28. The molecule has 0 saturated carbocycles. The summed E-state index contributed by atoms with van der Waals surface area (Å²) in [4.78, 5) is 15.7. The summed E-state index contributed by atoms with van der Waals surface area (Å²) in [6.45, 7) is 4.15. The van der Waals surface area contributed by atoms with Crippen LogP contribution in [0.4, 0.5) is 0 Å². The summed E-state index contributed by atoms with van der Waals surface area (Å²) >= 11 is 6.02. The van der Waals surface area contributed by atoms with Crippen LogP contribution in [0.15, 0.2) is 77.6 Å². The molecule has 30 heavy (non-hydrogen) atoms. The van der Waals surface area contributed by atoms with Crippen LogP contribution in [0, 0.1) is 5.92 Å². The quantitative estimate of drug-likeness (QED) is 0.414. The van der Waals surface area contributed by atoms with Crippen molar-refractivity contribution in [3.8, 4) is 16.9 Å². The Morgan fingerprint density at radius 3 is 2.37 bits per heavy atom. The van der Waals surface area contributed by atoms with Gasteiger partial charge >= 0.3 is 0 Å². The number of hydrogen-bond donors (Lipinski definition) is 3. The summed E-state index contributed by atoms with van der Waals surface area (Å²) in [6, 6.07) is 22.4. The highest BCUT2D eigenvalue weighted by Gasteiger charge is 2.33. The number of benzene rings is 3. The largest absolute Gasteiger partial charge is 0.506 e. The summed E-state index contributed by atoms with van der Waals surface area (Å²) in [5.74, 6) is 0.0234. The molecule has 1 atom stereocenters. The Bertz CT molecular complexity index is 1280. The molecule has 0 spiro atoms. The molecule has 0 radical (unpaired) electrons. The van der Waals surface area contributed by atoms with Crippen LogP contribution in [-0.2, 0) is 5.54 Å². The molecule has 5 heteroatoms. The van der Waals surface area contributed by atoms with Crippen LogP contribution in [0.5, 0.6) is 5.75 Å². The zero-order valence-corrected chi connectivity index (χ0v) is 17.6. The fourth-order valence-electron chi connectivity index (χ4n) is 4.00. The highest BCUT2D eigenvalue weighted by molar-refractivity contribution is 6.31. The third-order valence-electron chi connectivity index (χ3n) is 5.74. The van der Waals surface area contributed by atoms with Crippen LogP contribution in [0.1, 0.15) is 25.0 Å². The molecule has 0 bridgehead atoms. The van der Waals surface area contributed by atoms with E-state index in [0.717, 1.165) is 11.1 Å². The van der Waals surface area contributed by atoms with Gasteiger partial charge in [-0.1, -0.05) is 74.0 Å². The average Bonchev–Trinajstić information content (AvgIpc) is 2.73. The lowest BCUT2D eigenvalue weighted by Gasteiger charge is -2.35. The number of nitrogens with one attached hydrogen (secondary N) is 1. The molecule has 1 heterocycles. The fraction of sp³-hybridized carbons (Fsp3) is 0.160. The van der Waals surface area contributed by atoms with Crippen LogP contribution < -0.4 is 11.3 Å². The van der Waals surface area contributed by atoms with E-state index in [1.165, 1.54) is 0 Å². The smallest absolute Gasteiger partial charge is 0.260 e. The van der Waals surface area contributed by atoms with E-state index < -0.39 is 5.54 Å². The van der Waals surface area contributed by atoms with E-state index in [2.05, 4.69) is 18.8 Å². The number of H-pyrrole nitrogens is 1. The Morgan fingerprint density at radius 1 is 0.967 bits per heavy atom. The number of aromatic hydroxyl groups is 1. The first-order valence-corrected chi connectivity index (χ1v) is 10.2. The molecule has 1 aromatic heterocycles. The lowest BCUT2D eigenvalue weighted by molar-refractivity contribution is 0.383. The van der Waals surface area contributed by atoms with Gasteiger partial charge in [0.25, 0.3) is 5.56 Å². The predicted octanol–water partition coefficient (Wildman–Crippen LogP) is 5.41. The number of fused-ring (bicyclic) bond motifs is 1. The second-order valence-corrected chi connectivity index (χ2v) is 8.27. The highest BCUT2D eigenvalue weighted by atomic mass is 35.5. The van der Waals surface area contributed by atoms with Gasteiger partial charge < -0.3 is 15.8 Å². The first-order valence-electron chi connectivity index (χ1n) is 9.82. The molecule has 3 aromatic carbocycles. The molecule has 1 unspecified atom stereocenters. The number of hydrogen-bond acceptors (Lipinski definition) is 3. The van der Waals surface area contributed by atoms with E-state index in [1.54, 1.807) is 24.3 Å². The molecule has 0 aliphatic rings. The number of halogens is 1. The summed E-state index contributed by atoms with van der Waals surface area (Å²) in [5.41, 5.74) is 8.99. The summed E-state index contributed by atoms with van der Waals surface area (Å²) < 4.78 is 0. The average molecular weight is 419 g/mol. The highest BCUT2D eigenvalue weighted by Crippen LogP contribution is 2.38. The molecule has 4 aromatic rings. The van der Waals surface area contributed by atoms with Crippen molar-refractivity contribution in [3.05, 3.63) is 99.3 Å². The second-order valence-electron chi connectivity index (χ2n) is 7.84. The van der Waals surface area contributed by atoms with Gasteiger partial charge in [-0.15, -0.1) is 0 Å². The lowest BCUT2D eigenvalue weighted by Crippen LogP contribution is -2.43. The van der Waals surface area contributed by atoms with Gasteiger partial charge in [-0.3, -0.25) is 4.79 Å². The monoisotopic (exact) mass is 418 g/mol. The van der Waals surface area contributed by atoms with Crippen LogP contribution in [0.3, 0.4) is 0 Å². The van der Waals surface area contributed by atoms with Crippen LogP contribution in [-0.4, -0.2) is 10.1 Å². The van der Waals surface area contributed by atoms with Gasteiger partial charge in [0.05, 0.1) is 16.6 Å². The maximum atomic E-state index is 12.8. The maximum absolute atomic E-state index is 12.8. The van der Waals surface area contributed by atoms with E-state index >= 15 is 0 Å². The Kier molecular flexibility index (Phi) is 5.14. The number of aromatic nitrogens is 1. The molecular weight excluding hydrogens is 396 g/mol. The van der Waals surface area contributed by atoms with Crippen molar-refractivity contribution in [2.75, 3.05) is 0 Å². The second kappa shape index (κ2) is 7.63. The van der Waals surface area contributed by atoms with E-state index in [1.807, 2.05) is 48.5 Å². The lowest BCUT2D eigenvalue weighted by atomic mass is 9.75. The Balaban J connectivity index is 1.93. The minimum absolute atomic E-state index is 0.0746. The molecule has 4 rings (SSSR count). The minimum atomic E-state index is -0.746. The normalized spacial score (nSPS) is 13.5. The third-order valence-corrected chi connectivity index (χ3v) is 5.97. The van der Waals surface area contributed by atoms with Crippen molar-refractivity contribution in [3.63, 3.8) is 0 Å². The maximum Gasteiger partial charge on any atom is 0.260 e. The van der Waals surface area contributed by atoms with Crippen molar-refractivity contribution in [1.29, 1.82) is 0 Å². The van der Waals surface area contributed by atoms with Crippen molar-refractivity contribution < 1.29 is 5.11 Å². The van der Waals surface area contributed by atoms with Gasteiger partial charge in [-0.25, -0.2) is 0 Å². The van der Waals surface area contributed by atoms with Crippen molar-refractivity contribution in [2.24, 2.45) is 11.7 Å². The van der Waals surface area contributed by atoms with Crippen LogP contribution in [0.2, 0.25) is 5.02 Å². The number of pyridine rings is 1. The van der Waals surface area contributed by atoms with E-state index in [4.69, 9.17) is 17.3 Å². The van der Waals surface area contributed by atoms with E-state index in [9.17, 15) is 9.90 Å². The first-order chi connectivity index (χ1) is 14.3. The summed E-state index contributed by atoms with van der Waals surface area (Å²) in [6.07, 6.45) is 0. The predicted molar refractivity (Wildman–Crippen MR) is 123 cm³/mol. The molecule has 4 N–H and O–H groups in total. The molecule has 0 saturated heterocycles. The minimum Gasteiger partial charge on any atom is -0.506 e. The van der Waals surface area contributed by atoms with Crippen LogP contribution in [0.25, 0.3) is 22.0 Å². The molecule has 4 nitrogen and oxygen atoms in total. The van der Waals surface area contributed by atoms with Gasteiger partial charge in [0.15, 0.2) is 0 Å². The Morgan fingerprint density at radius 2 is 1.67 bits per heavy atom. The van der Waals surface area contributed by atoms with Gasteiger partial charge in [0.2, 0.25) is 0 Å². The summed E-state index contributed by atoms with van der Waals surface area (Å²) in [5, 5.41) is 11.9. The number of nitrogens with two attached hydrogens (primary N) is 1. The van der Waals surface area contributed by atoms with Crippen LogP contribution >= 0.6 is 11.6 Å². The zero-order chi connectivity index (χ0) is 21.5. The van der Waals surface area contributed by atoms with Gasteiger partial charge in [0.1, 0.15) is 5.75 Å². The molecular formula is C25H23ClN2O2. The fourth-order valence-corrected chi connectivity index (χ4v) is 4.17. The number of aromatic amines is 1. The molecule has 0 fully saturated rings. The van der Waals surface area contributed by atoms with Crippen molar-refractivity contribution in [1.82, 2.24) is 4.98 Å². The van der Waals surface area contributed by atoms with Gasteiger partial charge in [-0.05, 0) is 46.9 Å². The molecule has 152 valence electrons. The van der Waals surface area contributed by atoms with E-state index in [0.29, 0.717) is 21.5 Å². The summed E-state index contributed by atoms with van der Waals surface area (Å²) in [7, 11) is 0. The van der Waals surface area contributed by atoms with Gasteiger partial charge in [-0.2, -0.15) is 0 Å². The topological polar surface area (TPSA) is 79.1 Å². The SMILES string of the molecule is CC(C)C(N)(c1ccccc1)c1cccc(-c2c(O)c3ccc(Cl)cc3[nH]c2=O)c1. The first kappa shape index (κ1) is 20.2. The van der Waals surface area contributed by atoms with E-state index in [-0.39, 0.29) is 22.8 Å². The Labute approximate surface area is 180 Å². The zero-order valence-electron chi connectivity index (χ0n) is 16.8. The molecule has 0 amide bonds. The molecule has 0 aliphatic carbocycles. The standard InChI is InChI=1S/C25H23ClN2O2/c1-15(2)25(27,17-8-4-3-5-9-17)18-10-6-7-16(13-18)22-23(29)20-12-11-19(26)14-21(20)28-24(22)30/h3-15H,27H2,1-2H3,(H2,28,29,30). The molecule has 0 aliphatic heterocycles.